The monoisotopic (exact) mass is 381 g/mol. The van der Waals surface area contributed by atoms with Gasteiger partial charge in [-0.2, -0.15) is 5.10 Å². The molecule has 0 radical (unpaired) electrons. The number of hydrogen-bond acceptors (Lipinski definition) is 4. The van der Waals surface area contributed by atoms with Crippen molar-refractivity contribution in [2.75, 3.05) is 13.1 Å². The molecular weight excluding hydrogens is 354 g/mol. The largest absolute Gasteiger partial charge is 0.341 e. The molecule has 7 nitrogen and oxygen atoms in total. The summed E-state index contributed by atoms with van der Waals surface area (Å²) in [5.74, 6) is 0.369. The van der Waals surface area contributed by atoms with Gasteiger partial charge in [-0.15, -0.1) is 0 Å². The van der Waals surface area contributed by atoms with Crippen LogP contribution in [0, 0.1) is 19.3 Å². The minimum absolute atomic E-state index is 0.00364. The Kier molecular flexibility index (Phi) is 4.69. The lowest BCUT2D eigenvalue weighted by molar-refractivity contribution is -0.134. The van der Waals surface area contributed by atoms with Crippen molar-refractivity contribution in [2.24, 2.45) is 5.41 Å². The smallest absolute Gasteiger partial charge is 0.253 e. The van der Waals surface area contributed by atoms with Gasteiger partial charge >= 0.3 is 0 Å². The van der Waals surface area contributed by atoms with Crippen molar-refractivity contribution in [3.8, 4) is 5.82 Å². The van der Waals surface area contributed by atoms with E-state index in [1.165, 1.54) is 19.0 Å². The molecule has 2 aliphatic rings. The van der Waals surface area contributed by atoms with Gasteiger partial charge < -0.3 is 10.2 Å². The van der Waals surface area contributed by atoms with E-state index in [9.17, 15) is 9.59 Å². The van der Waals surface area contributed by atoms with Crippen molar-refractivity contribution in [3.05, 3.63) is 41.3 Å². The Balaban J connectivity index is 1.36. The highest BCUT2D eigenvalue weighted by Gasteiger charge is 2.45. The van der Waals surface area contributed by atoms with Crippen molar-refractivity contribution in [3.63, 3.8) is 0 Å². The van der Waals surface area contributed by atoms with Crippen LogP contribution in [-0.2, 0) is 4.79 Å². The van der Waals surface area contributed by atoms with E-state index in [0.29, 0.717) is 16.8 Å². The first-order chi connectivity index (χ1) is 13.4. The Morgan fingerprint density at radius 1 is 1.14 bits per heavy atom. The second kappa shape index (κ2) is 7.04. The van der Waals surface area contributed by atoms with Crippen LogP contribution in [0.3, 0.4) is 0 Å². The predicted molar refractivity (Wildman–Crippen MR) is 105 cm³/mol. The fourth-order valence-corrected chi connectivity index (χ4v) is 4.00. The van der Waals surface area contributed by atoms with Gasteiger partial charge in [0, 0.05) is 25.0 Å². The molecule has 28 heavy (non-hydrogen) atoms. The molecule has 1 saturated carbocycles. The molecule has 1 spiro atoms. The SMILES string of the molecule is Cc1cc(C)n(-c2ccc(C(=O)NC(C)C(=O)N3CCC4(CC3)CC4)cn2)n1. The summed E-state index contributed by atoms with van der Waals surface area (Å²) in [6, 6.07) is 4.90. The lowest BCUT2D eigenvalue weighted by Crippen LogP contribution is -2.49. The molecule has 1 unspecified atom stereocenters. The Labute approximate surface area is 165 Å². The molecule has 0 aromatic carbocycles. The van der Waals surface area contributed by atoms with E-state index < -0.39 is 6.04 Å². The van der Waals surface area contributed by atoms with Crippen LogP contribution < -0.4 is 5.32 Å². The zero-order valence-electron chi connectivity index (χ0n) is 16.7. The van der Waals surface area contributed by atoms with Crippen LogP contribution in [0.15, 0.2) is 24.4 Å². The third-order valence-corrected chi connectivity index (χ3v) is 6.05. The highest BCUT2D eigenvalue weighted by Crippen LogP contribution is 2.53. The molecule has 3 heterocycles. The molecule has 2 amide bonds. The molecule has 2 aromatic rings. The van der Waals surface area contributed by atoms with Crippen molar-refractivity contribution in [1.82, 2.24) is 25.0 Å². The summed E-state index contributed by atoms with van der Waals surface area (Å²) in [5, 5.41) is 7.21. The second-order valence-corrected chi connectivity index (χ2v) is 8.26. The standard InChI is InChI=1S/C21H27N5O2/c1-14-12-15(2)26(24-14)18-5-4-17(13-22-18)19(27)23-16(3)20(28)25-10-8-21(6-7-21)9-11-25/h4-5,12-13,16H,6-11H2,1-3H3,(H,23,27). The molecule has 4 rings (SSSR count). The van der Waals surface area contributed by atoms with Gasteiger partial charge in [0.15, 0.2) is 5.82 Å². The maximum atomic E-state index is 12.7. The van der Waals surface area contributed by atoms with E-state index >= 15 is 0 Å². The molecule has 1 aliphatic heterocycles. The zero-order chi connectivity index (χ0) is 19.9. The number of rotatable bonds is 4. The van der Waals surface area contributed by atoms with Crippen LogP contribution in [0.4, 0.5) is 0 Å². The molecule has 7 heteroatoms. The number of pyridine rings is 1. The van der Waals surface area contributed by atoms with Gasteiger partial charge in [0.25, 0.3) is 5.91 Å². The van der Waals surface area contributed by atoms with Crippen molar-refractivity contribution >= 4 is 11.8 Å². The van der Waals surface area contributed by atoms with Crippen LogP contribution in [0.2, 0.25) is 0 Å². The van der Waals surface area contributed by atoms with E-state index in [-0.39, 0.29) is 11.8 Å². The normalized spacial score (nSPS) is 18.8. The number of likely N-dealkylation sites (tertiary alicyclic amines) is 1. The number of nitrogens with zero attached hydrogens (tertiary/aromatic N) is 4. The molecule has 1 N–H and O–H groups in total. The van der Waals surface area contributed by atoms with Crippen molar-refractivity contribution in [1.29, 1.82) is 0 Å². The Bertz CT molecular complexity index is 888. The summed E-state index contributed by atoms with van der Waals surface area (Å²) in [5.41, 5.74) is 2.86. The molecule has 2 aromatic heterocycles. The first-order valence-electron chi connectivity index (χ1n) is 9.96. The summed E-state index contributed by atoms with van der Waals surface area (Å²) in [4.78, 5) is 31.4. The van der Waals surface area contributed by atoms with Crippen LogP contribution in [0.25, 0.3) is 5.82 Å². The van der Waals surface area contributed by atoms with Crippen molar-refractivity contribution < 1.29 is 9.59 Å². The van der Waals surface area contributed by atoms with Crippen LogP contribution >= 0.6 is 0 Å². The number of hydrogen-bond donors (Lipinski definition) is 1. The highest BCUT2D eigenvalue weighted by molar-refractivity contribution is 5.97. The maximum absolute atomic E-state index is 12.7. The van der Waals surface area contributed by atoms with Gasteiger partial charge in [-0.1, -0.05) is 0 Å². The fourth-order valence-electron chi connectivity index (χ4n) is 4.00. The fraction of sp³-hybridized carbons (Fsp3) is 0.524. The molecule has 1 atom stereocenters. The van der Waals surface area contributed by atoms with Crippen LogP contribution in [0.1, 0.15) is 54.4 Å². The minimum Gasteiger partial charge on any atom is -0.341 e. The third kappa shape index (κ3) is 3.66. The number of carbonyl (C=O) groups is 2. The van der Waals surface area contributed by atoms with Gasteiger partial charge in [0.2, 0.25) is 5.91 Å². The summed E-state index contributed by atoms with van der Waals surface area (Å²) in [6.07, 6.45) is 6.33. The van der Waals surface area contributed by atoms with E-state index in [4.69, 9.17) is 0 Å². The zero-order valence-corrected chi connectivity index (χ0v) is 16.7. The lowest BCUT2D eigenvalue weighted by Gasteiger charge is -2.33. The number of aryl methyl sites for hydroxylation is 2. The molecule has 1 aliphatic carbocycles. The number of piperidine rings is 1. The number of carbonyl (C=O) groups excluding carboxylic acids is 2. The molecule has 1 saturated heterocycles. The molecule has 0 bridgehead atoms. The van der Waals surface area contributed by atoms with E-state index in [0.717, 1.165) is 37.3 Å². The first-order valence-corrected chi connectivity index (χ1v) is 9.96. The van der Waals surface area contributed by atoms with Gasteiger partial charge in [-0.3, -0.25) is 9.59 Å². The molecule has 148 valence electrons. The summed E-state index contributed by atoms with van der Waals surface area (Å²) < 4.78 is 1.74. The van der Waals surface area contributed by atoms with Gasteiger partial charge in [0.1, 0.15) is 6.04 Å². The Morgan fingerprint density at radius 2 is 1.86 bits per heavy atom. The summed E-state index contributed by atoms with van der Waals surface area (Å²) in [7, 11) is 0. The number of nitrogens with one attached hydrogen (secondary N) is 1. The quantitative estimate of drug-likeness (QED) is 0.882. The number of amides is 2. The first kappa shape index (κ1) is 18.7. The molecular formula is C21H27N5O2. The Morgan fingerprint density at radius 3 is 2.39 bits per heavy atom. The number of aromatic nitrogens is 3. The van der Waals surface area contributed by atoms with Crippen LogP contribution in [0.5, 0.6) is 0 Å². The average molecular weight is 381 g/mol. The van der Waals surface area contributed by atoms with Gasteiger partial charge in [-0.25, -0.2) is 9.67 Å². The van der Waals surface area contributed by atoms with Crippen LogP contribution in [-0.4, -0.2) is 50.6 Å². The van der Waals surface area contributed by atoms with E-state index in [1.807, 2.05) is 24.8 Å². The Hall–Kier alpha value is -2.70. The summed E-state index contributed by atoms with van der Waals surface area (Å²) in [6.45, 7) is 7.24. The van der Waals surface area contributed by atoms with E-state index in [1.54, 1.807) is 23.7 Å². The third-order valence-electron chi connectivity index (χ3n) is 6.05. The predicted octanol–water partition coefficient (Wildman–Crippen LogP) is 2.41. The van der Waals surface area contributed by atoms with Gasteiger partial charge in [0.05, 0.1) is 11.3 Å². The topological polar surface area (TPSA) is 80.1 Å². The highest BCUT2D eigenvalue weighted by atomic mass is 16.2. The van der Waals surface area contributed by atoms with Crippen molar-refractivity contribution in [2.45, 2.75) is 52.5 Å². The maximum Gasteiger partial charge on any atom is 0.253 e. The lowest BCUT2D eigenvalue weighted by atomic mass is 9.93. The molecule has 2 fully saturated rings. The van der Waals surface area contributed by atoms with Gasteiger partial charge in [-0.05, 0) is 70.1 Å². The second-order valence-electron chi connectivity index (χ2n) is 8.26. The minimum atomic E-state index is -0.545. The summed E-state index contributed by atoms with van der Waals surface area (Å²) >= 11 is 0. The van der Waals surface area contributed by atoms with E-state index in [2.05, 4.69) is 15.4 Å². The average Bonchev–Trinajstić information content (AvgIpc) is 3.35.